The van der Waals surface area contributed by atoms with Crippen LogP contribution in [0.25, 0.3) is 0 Å². The van der Waals surface area contributed by atoms with Crippen LogP contribution in [0.4, 0.5) is 5.69 Å². The van der Waals surface area contributed by atoms with Crippen LogP contribution in [0, 0.1) is 11.3 Å². The average Bonchev–Trinajstić information content (AvgIpc) is 2.90. The molecule has 1 aromatic carbocycles. The van der Waals surface area contributed by atoms with Crippen molar-refractivity contribution >= 4 is 17.0 Å². The molecule has 1 atom stereocenters. The van der Waals surface area contributed by atoms with Crippen molar-refractivity contribution in [3.63, 3.8) is 0 Å². The number of allylic oxidation sites excluding steroid dienone is 1. The number of anilines is 1. The number of fused-ring (bicyclic) bond motifs is 1. The summed E-state index contributed by atoms with van der Waals surface area (Å²) in [5.74, 6) is 0.588. The highest BCUT2D eigenvalue weighted by atomic mass is 32.1. The van der Waals surface area contributed by atoms with Gasteiger partial charge in [0.25, 0.3) is 0 Å². The summed E-state index contributed by atoms with van der Waals surface area (Å²) in [6.07, 6.45) is 0. The standard InChI is InChI=1S/C14H11N3OS/c15-6-11-13(8-3-4-19-7-8)10-2-1-9(16)5-12(10)18-14(11)17/h1-5,7,13H,16-17H2. The van der Waals surface area contributed by atoms with E-state index in [-0.39, 0.29) is 11.8 Å². The van der Waals surface area contributed by atoms with Gasteiger partial charge in [-0.25, -0.2) is 0 Å². The third-order valence-electron chi connectivity index (χ3n) is 3.12. The molecule has 0 bridgehead atoms. The van der Waals surface area contributed by atoms with Gasteiger partial charge in [0, 0.05) is 17.3 Å². The molecule has 5 heteroatoms. The van der Waals surface area contributed by atoms with E-state index in [9.17, 15) is 5.26 Å². The number of ether oxygens (including phenoxy) is 1. The maximum atomic E-state index is 9.32. The Labute approximate surface area is 114 Å². The van der Waals surface area contributed by atoms with Gasteiger partial charge in [-0.2, -0.15) is 16.6 Å². The Bertz CT molecular complexity index is 698. The van der Waals surface area contributed by atoms with E-state index in [0.29, 0.717) is 17.0 Å². The Hall–Kier alpha value is -2.45. The summed E-state index contributed by atoms with van der Waals surface area (Å²) >= 11 is 1.59. The first-order chi connectivity index (χ1) is 9.20. The van der Waals surface area contributed by atoms with Crippen LogP contribution in [0.1, 0.15) is 17.0 Å². The van der Waals surface area contributed by atoms with E-state index in [2.05, 4.69) is 6.07 Å². The van der Waals surface area contributed by atoms with Gasteiger partial charge in [0.05, 0.1) is 5.92 Å². The summed E-state index contributed by atoms with van der Waals surface area (Å²) in [6.45, 7) is 0. The van der Waals surface area contributed by atoms with Crippen LogP contribution in [0.2, 0.25) is 0 Å². The molecule has 2 heterocycles. The monoisotopic (exact) mass is 269 g/mol. The number of hydrogen-bond donors (Lipinski definition) is 2. The van der Waals surface area contributed by atoms with Crippen molar-refractivity contribution in [3.05, 3.63) is 57.6 Å². The molecule has 0 saturated heterocycles. The van der Waals surface area contributed by atoms with Crippen molar-refractivity contribution in [2.24, 2.45) is 5.73 Å². The second-order valence-corrected chi connectivity index (χ2v) is 5.06. The molecule has 3 rings (SSSR count). The summed E-state index contributed by atoms with van der Waals surface area (Å²) < 4.78 is 5.50. The molecule has 1 aliphatic rings. The summed E-state index contributed by atoms with van der Waals surface area (Å²) in [4.78, 5) is 0. The summed E-state index contributed by atoms with van der Waals surface area (Å²) in [5.41, 5.74) is 14.6. The van der Waals surface area contributed by atoms with E-state index in [1.165, 1.54) is 0 Å². The maximum absolute atomic E-state index is 9.32. The largest absolute Gasteiger partial charge is 0.440 e. The predicted molar refractivity (Wildman–Crippen MR) is 74.5 cm³/mol. The Morgan fingerprint density at radius 3 is 2.79 bits per heavy atom. The highest BCUT2D eigenvalue weighted by molar-refractivity contribution is 7.08. The maximum Gasteiger partial charge on any atom is 0.205 e. The Kier molecular flexibility index (Phi) is 2.65. The molecule has 2 aromatic rings. The number of nitriles is 1. The van der Waals surface area contributed by atoms with E-state index >= 15 is 0 Å². The average molecular weight is 269 g/mol. The number of benzene rings is 1. The highest BCUT2D eigenvalue weighted by Gasteiger charge is 2.30. The Morgan fingerprint density at radius 1 is 1.26 bits per heavy atom. The lowest BCUT2D eigenvalue weighted by molar-refractivity contribution is 0.394. The molecule has 4 nitrogen and oxygen atoms in total. The fraction of sp³-hybridized carbons (Fsp3) is 0.0714. The minimum Gasteiger partial charge on any atom is -0.440 e. The van der Waals surface area contributed by atoms with Crippen LogP contribution < -0.4 is 16.2 Å². The number of nitrogen functional groups attached to an aromatic ring is 1. The van der Waals surface area contributed by atoms with Gasteiger partial charge in [0.15, 0.2) is 0 Å². The van der Waals surface area contributed by atoms with Gasteiger partial charge in [-0.1, -0.05) is 6.07 Å². The predicted octanol–water partition coefficient (Wildman–Crippen LogP) is 2.55. The van der Waals surface area contributed by atoms with Crippen LogP contribution >= 0.6 is 11.3 Å². The second kappa shape index (κ2) is 4.34. The van der Waals surface area contributed by atoms with Gasteiger partial charge in [-0.15, -0.1) is 0 Å². The molecule has 94 valence electrons. The molecule has 0 amide bonds. The number of nitrogens with zero attached hydrogens (tertiary/aromatic N) is 1. The van der Waals surface area contributed by atoms with Gasteiger partial charge in [0.2, 0.25) is 5.88 Å². The Morgan fingerprint density at radius 2 is 2.11 bits per heavy atom. The fourth-order valence-electron chi connectivity index (χ4n) is 2.25. The molecule has 1 aromatic heterocycles. The van der Waals surface area contributed by atoms with E-state index < -0.39 is 0 Å². The van der Waals surface area contributed by atoms with E-state index in [1.54, 1.807) is 23.5 Å². The third kappa shape index (κ3) is 1.83. The van der Waals surface area contributed by atoms with Gasteiger partial charge < -0.3 is 16.2 Å². The SMILES string of the molecule is N#CC1=C(N)Oc2cc(N)ccc2C1c1ccsc1. The highest BCUT2D eigenvalue weighted by Crippen LogP contribution is 2.43. The first kappa shape index (κ1) is 11.6. The van der Waals surface area contributed by atoms with Crippen LogP contribution in [-0.4, -0.2) is 0 Å². The van der Waals surface area contributed by atoms with Gasteiger partial charge >= 0.3 is 0 Å². The van der Waals surface area contributed by atoms with Gasteiger partial charge in [0.1, 0.15) is 17.4 Å². The van der Waals surface area contributed by atoms with Gasteiger partial charge in [-0.3, -0.25) is 0 Å². The van der Waals surface area contributed by atoms with E-state index in [1.807, 2.05) is 22.9 Å². The van der Waals surface area contributed by atoms with Crippen molar-refractivity contribution in [1.29, 1.82) is 5.26 Å². The van der Waals surface area contributed by atoms with Crippen LogP contribution in [0.3, 0.4) is 0 Å². The first-order valence-corrected chi connectivity index (χ1v) is 6.64. The van der Waals surface area contributed by atoms with Gasteiger partial charge in [-0.05, 0) is 28.5 Å². The summed E-state index contributed by atoms with van der Waals surface area (Å²) in [7, 11) is 0. The zero-order chi connectivity index (χ0) is 13.4. The molecule has 0 aliphatic carbocycles. The molecule has 0 saturated carbocycles. The molecule has 1 unspecified atom stereocenters. The number of thiophene rings is 1. The topological polar surface area (TPSA) is 85.1 Å². The molecule has 1 aliphatic heterocycles. The van der Waals surface area contributed by atoms with E-state index in [4.69, 9.17) is 16.2 Å². The normalized spacial score (nSPS) is 17.5. The molecule has 0 fully saturated rings. The van der Waals surface area contributed by atoms with Crippen molar-refractivity contribution < 1.29 is 4.74 Å². The summed E-state index contributed by atoms with van der Waals surface area (Å²) in [5, 5.41) is 13.3. The van der Waals surface area contributed by atoms with Crippen molar-refractivity contribution in [1.82, 2.24) is 0 Å². The number of hydrogen-bond acceptors (Lipinski definition) is 5. The lowest BCUT2D eigenvalue weighted by atomic mass is 9.85. The van der Waals surface area contributed by atoms with Crippen molar-refractivity contribution in [2.75, 3.05) is 5.73 Å². The van der Waals surface area contributed by atoms with E-state index in [0.717, 1.165) is 11.1 Å². The molecule has 4 N–H and O–H groups in total. The molecular weight excluding hydrogens is 258 g/mol. The first-order valence-electron chi connectivity index (χ1n) is 5.70. The van der Waals surface area contributed by atoms with Crippen LogP contribution in [0.5, 0.6) is 5.75 Å². The zero-order valence-corrected chi connectivity index (χ0v) is 10.8. The molecule has 19 heavy (non-hydrogen) atoms. The van der Waals surface area contributed by atoms with Crippen LogP contribution in [0.15, 0.2) is 46.5 Å². The zero-order valence-electron chi connectivity index (χ0n) is 9.96. The lowest BCUT2D eigenvalue weighted by Crippen LogP contribution is -2.20. The molecule has 0 spiro atoms. The van der Waals surface area contributed by atoms with Crippen LogP contribution in [-0.2, 0) is 0 Å². The number of nitrogens with two attached hydrogens (primary N) is 2. The third-order valence-corrected chi connectivity index (χ3v) is 3.82. The quantitative estimate of drug-likeness (QED) is 0.779. The lowest BCUT2D eigenvalue weighted by Gasteiger charge is -2.25. The minimum atomic E-state index is -0.180. The minimum absolute atomic E-state index is 0.150. The Balaban J connectivity index is 2.23. The number of rotatable bonds is 1. The van der Waals surface area contributed by atoms with Crippen molar-refractivity contribution in [2.45, 2.75) is 5.92 Å². The second-order valence-electron chi connectivity index (χ2n) is 4.28. The molecule has 0 radical (unpaired) electrons. The molecular formula is C14H11N3OS. The van der Waals surface area contributed by atoms with Crippen molar-refractivity contribution in [3.8, 4) is 11.8 Å². The summed E-state index contributed by atoms with van der Waals surface area (Å²) in [6, 6.07) is 9.56. The smallest absolute Gasteiger partial charge is 0.205 e. The fourth-order valence-corrected chi connectivity index (χ4v) is 2.94.